The van der Waals surface area contributed by atoms with Crippen LogP contribution in [0.4, 0.5) is 4.79 Å². The van der Waals surface area contributed by atoms with Crippen molar-refractivity contribution in [3.63, 3.8) is 0 Å². The number of amides is 1. The van der Waals surface area contributed by atoms with Crippen LogP contribution in [0.1, 0.15) is 35.1 Å². The molecular weight excluding hydrogens is 270 g/mol. The molecule has 1 heterocycles. The Morgan fingerprint density at radius 2 is 1.95 bits per heavy atom. The van der Waals surface area contributed by atoms with Gasteiger partial charge >= 0.3 is 6.09 Å². The van der Waals surface area contributed by atoms with E-state index in [0.717, 1.165) is 5.75 Å². The summed E-state index contributed by atoms with van der Waals surface area (Å²) < 4.78 is 26.3. The van der Waals surface area contributed by atoms with Gasteiger partial charge in [-0.1, -0.05) is 32.9 Å². The molecule has 1 saturated heterocycles. The Labute approximate surface area is 124 Å². The molecule has 1 fully saturated rings. The number of hydrogen-bond acceptors (Lipinski definition) is 3. The highest BCUT2D eigenvalue weighted by molar-refractivity contribution is 6.74. The Bertz CT molecular complexity index is 567. The van der Waals surface area contributed by atoms with E-state index in [2.05, 4.69) is 43.9 Å². The molecule has 1 atom stereocenters. The molecule has 1 aliphatic rings. The average molecular weight is 295 g/mol. The van der Waals surface area contributed by atoms with Gasteiger partial charge in [-0.3, -0.25) is 0 Å². The molecule has 0 saturated carbocycles. The SMILES string of the molecule is [2H]C1([2H])OC(=O)N[C@H]1c1ccc(O[Si](C)(C)C(C)(C)C)cc1. The normalized spacial score (nSPS) is 23.4. The summed E-state index contributed by atoms with van der Waals surface area (Å²) >= 11 is 0. The number of cyclic esters (lactones) is 1. The van der Waals surface area contributed by atoms with E-state index in [-0.39, 0.29) is 5.04 Å². The Hall–Kier alpha value is -1.49. The summed E-state index contributed by atoms with van der Waals surface area (Å²) in [6, 6.07) is 6.36. The van der Waals surface area contributed by atoms with Crippen LogP contribution in [0, 0.1) is 0 Å². The number of nitrogens with one attached hydrogen (secondary N) is 1. The molecule has 110 valence electrons. The lowest BCUT2D eigenvalue weighted by atomic mass is 10.1. The first-order chi connectivity index (χ1) is 9.92. The van der Waals surface area contributed by atoms with Crippen LogP contribution in [0.25, 0.3) is 0 Å². The second-order valence-corrected chi connectivity index (χ2v) is 11.2. The zero-order valence-corrected chi connectivity index (χ0v) is 13.6. The van der Waals surface area contributed by atoms with Gasteiger partial charge < -0.3 is 14.5 Å². The average Bonchev–Trinajstić information content (AvgIpc) is 2.61. The maximum absolute atomic E-state index is 11.2. The van der Waals surface area contributed by atoms with Crippen LogP contribution < -0.4 is 9.74 Å². The molecule has 1 amide bonds. The molecule has 0 bridgehead atoms. The largest absolute Gasteiger partial charge is 0.544 e. The fourth-order valence-corrected chi connectivity index (χ4v) is 2.65. The number of ether oxygens (including phenoxy) is 1. The summed E-state index contributed by atoms with van der Waals surface area (Å²) in [5.41, 5.74) is 0.651. The second kappa shape index (κ2) is 5.13. The van der Waals surface area contributed by atoms with Gasteiger partial charge in [0.25, 0.3) is 0 Å². The van der Waals surface area contributed by atoms with Crippen LogP contribution >= 0.6 is 0 Å². The minimum atomic E-state index is -2.04. The molecule has 0 aliphatic carbocycles. The predicted octanol–water partition coefficient (Wildman–Crippen LogP) is 3.85. The first-order valence-electron chi connectivity index (χ1n) is 7.71. The number of carbonyl (C=O) groups is 1. The van der Waals surface area contributed by atoms with Gasteiger partial charge in [-0.2, -0.15) is 0 Å². The van der Waals surface area contributed by atoms with Gasteiger partial charge in [0, 0.05) is 0 Å². The molecule has 4 nitrogen and oxygen atoms in total. The van der Waals surface area contributed by atoms with Gasteiger partial charge in [0.05, 0.1) is 8.78 Å². The minimum Gasteiger partial charge on any atom is -0.544 e. The lowest BCUT2D eigenvalue weighted by Crippen LogP contribution is -2.43. The van der Waals surface area contributed by atoms with Crippen LogP contribution in [0.5, 0.6) is 5.75 Å². The van der Waals surface area contributed by atoms with Gasteiger partial charge in [-0.25, -0.2) is 4.79 Å². The molecule has 5 heteroatoms. The fourth-order valence-electron chi connectivity index (χ4n) is 1.62. The quantitative estimate of drug-likeness (QED) is 0.862. The molecule has 0 radical (unpaired) electrons. The Morgan fingerprint density at radius 1 is 1.35 bits per heavy atom. The van der Waals surface area contributed by atoms with E-state index in [1.54, 1.807) is 12.1 Å². The van der Waals surface area contributed by atoms with Crippen molar-refractivity contribution < 1.29 is 16.7 Å². The van der Waals surface area contributed by atoms with Crippen molar-refractivity contribution in [3.8, 4) is 5.75 Å². The van der Waals surface area contributed by atoms with E-state index in [1.807, 2.05) is 12.1 Å². The topological polar surface area (TPSA) is 47.6 Å². The maximum atomic E-state index is 11.2. The van der Waals surface area contributed by atoms with Gasteiger partial charge in [0.15, 0.2) is 0 Å². The first kappa shape index (κ1) is 12.3. The summed E-state index contributed by atoms with van der Waals surface area (Å²) in [7, 11) is -1.90. The monoisotopic (exact) mass is 295 g/mol. The van der Waals surface area contributed by atoms with Crippen molar-refractivity contribution in [1.29, 1.82) is 0 Å². The fraction of sp³-hybridized carbons (Fsp3) is 0.533. The lowest BCUT2D eigenvalue weighted by molar-refractivity contribution is 0.177. The molecule has 1 aromatic carbocycles. The smallest absolute Gasteiger partial charge is 0.407 e. The second-order valence-electron chi connectivity index (χ2n) is 6.52. The summed E-state index contributed by atoms with van der Waals surface area (Å²) in [6.45, 7) is 8.82. The van der Waals surface area contributed by atoms with E-state index < -0.39 is 27.0 Å². The molecule has 1 aromatic rings. The summed E-state index contributed by atoms with van der Waals surface area (Å²) in [4.78, 5) is 11.2. The van der Waals surface area contributed by atoms with E-state index in [0.29, 0.717) is 5.56 Å². The zero-order valence-electron chi connectivity index (χ0n) is 14.6. The van der Waals surface area contributed by atoms with Crippen LogP contribution in [0.3, 0.4) is 0 Å². The first-order valence-corrected chi connectivity index (χ1v) is 9.62. The summed E-state index contributed by atoms with van der Waals surface area (Å²) in [5, 5.41) is 2.59. The third kappa shape index (κ3) is 3.15. The molecule has 2 rings (SSSR count). The van der Waals surface area contributed by atoms with E-state index in [4.69, 9.17) is 7.17 Å². The minimum absolute atomic E-state index is 0.108. The van der Waals surface area contributed by atoms with Crippen LogP contribution in [-0.4, -0.2) is 21.0 Å². The van der Waals surface area contributed by atoms with Crippen molar-refractivity contribution in [2.75, 3.05) is 6.56 Å². The van der Waals surface area contributed by atoms with Gasteiger partial charge in [0.2, 0.25) is 8.32 Å². The van der Waals surface area contributed by atoms with Crippen molar-refractivity contribution in [2.24, 2.45) is 0 Å². The van der Waals surface area contributed by atoms with Crippen molar-refractivity contribution in [1.82, 2.24) is 5.32 Å². The van der Waals surface area contributed by atoms with Gasteiger partial charge in [0.1, 0.15) is 12.3 Å². The van der Waals surface area contributed by atoms with Crippen LogP contribution in [-0.2, 0) is 4.74 Å². The molecule has 20 heavy (non-hydrogen) atoms. The summed E-state index contributed by atoms with van der Waals surface area (Å²) in [5.74, 6) is 0.765. The highest BCUT2D eigenvalue weighted by atomic mass is 28.4. The van der Waals surface area contributed by atoms with Crippen molar-refractivity contribution >= 4 is 14.4 Å². The van der Waals surface area contributed by atoms with Gasteiger partial charge in [-0.15, -0.1) is 0 Å². The Kier molecular flexibility index (Phi) is 3.14. The van der Waals surface area contributed by atoms with Crippen LogP contribution in [0.15, 0.2) is 24.3 Å². The third-order valence-electron chi connectivity index (χ3n) is 3.92. The molecular formula is C15H23NO3Si. The predicted molar refractivity (Wildman–Crippen MR) is 81.5 cm³/mol. The Balaban J connectivity index is 2.16. The van der Waals surface area contributed by atoms with E-state index in [9.17, 15) is 4.79 Å². The maximum Gasteiger partial charge on any atom is 0.407 e. The number of rotatable bonds is 3. The lowest BCUT2D eigenvalue weighted by Gasteiger charge is -2.36. The van der Waals surface area contributed by atoms with Gasteiger partial charge in [-0.05, 0) is 35.8 Å². The van der Waals surface area contributed by atoms with E-state index >= 15 is 0 Å². The molecule has 0 spiro atoms. The molecule has 1 N–H and O–H groups in total. The summed E-state index contributed by atoms with van der Waals surface area (Å²) in [6.07, 6.45) is -0.739. The van der Waals surface area contributed by atoms with Crippen molar-refractivity contribution in [2.45, 2.75) is 44.9 Å². The number of alkyl carbamates (subject to hydrolysis) is 1. The molecule has 1 aliphatic heterocycles. The highest BCUT2D eigenvalue weighted by Gasteiger charge is 2.39. The number of benzene rings is 1. The zero-order chi connectivity index (χ0) is 16.8. The van der Waals surface area contributed by atoms with E-state index in [1.165, 1.54) is 0 Å². The van der Waals surface area contributed by atoms with Crippen LogP contribution in [0.2, 0.25) is 18.1 Å². The standard InChI is InChI=1S/C15H23NO3Si/c1-15(2,3)20(4,5)19-12-8-6-11(7-9-12)13-10-18-14(17)16-13/h6-9,13H,10H2,1-5H3,(H,16,17)/t13-/m1/s1/i10D2. The Morgan fingerprint density at radius 3 is 2.40 bits per heavy atom. The number of hydrogen-bond donors (Lipinski definition) is 1. The number of carbonyl (C=O) groups excluding carboxylic acids is 1. The van der Waals surface area contributed by atoms with Crippen molar-refractivity contribution in [3.05, 3.63) is 29.8 Å². The highest BCUT2D eigenvalue weighted by Crippen LogP contribution is 2.37. The molecule has 0 unspecified atom stereocenters. The third-order valence-corrected chi connectivity index (χ3v) is 8.28. The molecule has 0 aromatic heterocycles.